The van der Waals surface area contributed by atoms with Crippen LogP contribution in [0.3, 0.4) is 0 Å². The van der Waals surface area contributed by atoms with E-state index < -0.39 is 0 Å². The molecule has 2 fully saturated rings. The van der Waals surface area contributed by atoms with E-state index in [0.717, 1.165) is 44.7 Å². The zero-order chi connectivity index (χ0) is 15.5. The second kappa shape index (κ2) is 6.48. The first-order chi connectivity index (χ1) is 10.6. The lowest BCUT2D eigenvalue weighted by Crippen LogP contribution is -2.51. The number of hydrogen-bond donors (Lipinski definition) is 1. The highest BCUT2D eigenvalue weighted by atomic mass is 16.2. The number of aryl methyl sites for hydroxylation is 1. The Morgan fingerprint density at radius 3 is 2.36 bits per heavy atom. The highest BCUT2D eigenvalue weighted by Gasteiger charge is 2.27. The number of carbonyl (C=O) groups is 2. The van der Waals surface area contributed by atoms with E-state index in [1.54, 1.807) is 6.33 Å². The minimum Gasteiger partial charge on any atom is -0.348 e. The van der Waals surface area contributed by atoms with Gasteiger partial charge in [0.25, 0.3) is 5.91 Å². The molecule has 0 aromatic carbocycles. The second-order valence-electron chi connectivity index (χ2n) is 6.03. The van der Waals surface area contributed by atoms with Crippen molar-refractivity contribution in [2.45, 2.75) is 19.8 Å². The minimum absolute atomic E-state index is 0.0238. The van der Waals surface area contributed by atoms with Crippen LogP contribution in [0.5, 0.6) is 0 Å². The van der Waals surface area contributed by atoms with Crippen LogP contribution in [-0.2, 0) is 4.79 Å². The smallest absolute Gasteiger partial charge is 0.274 e. The Hall–Kier alpha value is -1.89. The Balaban J connectivity index is 1.49. The number of rotatable bonds is 3. The van der Waals surface area contributed by atoms with Crippen molar-refractivity contribution < 1.29 is 9.59 Å². The van der Waals surface area contributed by atoms with Crippen molar-refractivity contribution in [1.82, 2.24) is 24.7 Å². The van der Waals surface area contributed by atoms with Crippen molar-refractivity contribution in [1.29, 1.82) is 0 Å². The maximum atomic E-state index is 12.4. The molecule has 22 heavy (non-hydrogen) atoms. The van der Waals surface area contributed by atoms with Crippen LogP contribution in [0.15, 0.2) is 6.33 Å². The van der Waals surface area contributed by atoms with Gasteiger partial charge in [-0.1, -0.05) is 0 Å². The molecule has 120 valence electrons. The molecule has 1 aromatic rings. The third kappa shape index (κ3) is 3.14. The molecular weight excluding hydrogens is 282 g/mol. The summed E-state index contributed by atoms with van der Waals surface area (Å²) in [5, 5.41) is 0. The van der Waals surface area contributed by atoms with Crippen LogP contribution in [0, 0.1) is 6.92 Å². The molecule has 0 unspecified atom stereocenters. The molecule has 1 N–H and O–H groups in total. The quantitative estimate of drug-likeness (QED) is 0.859. The Kier molecular flexibility index (Phi) is 4.42. The topological polar surface area (TPSA) is 72.5 Å². The first kappa shape index (κ1) is 15.0. The predicted octanol–water partition coefficient (Wildman–Crippen LogP) is 0.0983. The van der Waals surface area contributed by atoms with Gasteiger partial charge in [0, 0.05) is 45.0 Å². The molecule has 0 bridgehead atoms. The van der Waals surface area contributed by atoms with Gasteiger partial charge in [-0.15, -0.1) is 0 Å². The zero-order valence-corrected chi connectivity index (χ0v) is 13.0. The van der Waals surface area contributed by atoms with Crippen molar-refractivity contribution in [2.24, 2.45) is 0 Å². The standard InChI is InChI=1S/C15H23N5O2/c1-12-14(17-11-16-12)15(22)20-8-6-18(7-9-20)10-13(21)19-4-2-3-5-19/h11H,2-10H2,1H3,(H,16,17). The summed E-state index contributed by atoms with van der Waals surface area (Å²) in [5.41, 5.74) is 1.30. The summed E-state index contributed by atoms with van der Waals surface area (Å²) in [4.78, 5) is 37.5. The fourth-order valence-electron chi connectivity index (χ4n) is 3.09. The number of amides is 2. The van der Waals surface area contributed by atoms with E-state index in [4.69, 9.17) is 0 Å². The van der Waals surface area contributed by atoms with Gasteiger partial charge in [-0.3, -0.25) is 14.5 Å². The number of nitrogens with one attached hydrogen (secondary N) is 1. The maximum absolute atomic E-state index is 12.4. The third-order valence-electron chi connectivity index (χ3n) is 4.51. The summed E-state index contributed by atoms with van der Waals surface area (Å²) in [6.07, 6.45) is 3.79. The summed E-state index contributed by atoms with van der Waals surface area (Å²) in [6, 6.07) is 0. The molecule has 1 aromatic heterocycles. The summed E-state index contributed by atoms with van der Waals surface area (Å²) in [6.45, 7) is 6.92. The monoisotopic (exact) mass is 305 g/mol. The second-order valence-corrected chi connectivity index (χ2v) is 6.03. The van der Waals surface area contributed by atoms with Gasteiger partial charge in [-0.2, -0.15) is 0 Å². The Labute approximate surface area is 130 Å². The molecule has 0 spiro atoms. The van der Waals surface area contributed by atoms with Gasteiger partial charge in [0.1, 0.15) is 5.69 Å². The predicted molar refractivity (Wildman–Crippen MR) is 81.5 cm³/mol. The van der Waals surface area contributed by atoms with E-state index >= 15 is 0 Å². The molecular formula is C15H23N5O2. The van der Waals surface area contributed by atoms with Crippen molar-refractivity contribution >= 4 is 11.8 Å². The van der Waals surface area contributed by atoms with Gasteiger partial charge >= 0.3 is 0 Å². The normalized spacial score (nSPS) is 19.7. The summed E-state index contributed by atoms with van der Waals surface area (Å²) < 4.78 is 0. The van der Waals surface area contributed by atoms with E-state index in [1.165, 1.54) is 0 Å². The number of imidazole rings is 1. The summed E-state index contributed by atoms with van der Waals surface area (Å²) >= 11 is 0. The highest BCUT2D eigenvalue weighted by molar-refractivity contribution is 5.93. The maximum Gasteiger partial charge on any atom is 0.274 e. The molecule has 2 aliphatic heterocycles. The Morgan fingerprint density at radius 2 is 1.77 bits per heavy atom. The molecule has 0 aliphatic carbocycles. The van der Waals surface area contributed by atoms with E-state index in [2.05, 4.69) is 14.9 Å². The molecule has 7 heteroatoms. The Morgan fingerprint density at radius 1 is 1.09 bits per heavy atom. The number of likely N-dealkylation sites (tertiary alicyclic amines) is 1. The molecule has 7 nitrogen and oxygen atoms in total. The third-order valence-corrected chi connectivity index (χ3v) is 4.51. The fourth-order valence-corrected chi connectivity index (χ4v) is 3.09. The molecule has 2 aliphatic rings. The first-order valence-corrected chi connectivity index (χ1v) is 7.94. The van der Waals surface area contributed by atoms with E-state index in [1.807, 2.05) is 16.7 Å². The highest BCUT2D eigenvalue weighted by Crippen LogP contribution is 2.11. The van der Waals surface area contributed by atoms with Gasteiger partial charge in [-0.05, 0) is 19.8 Å². The number of piperazine rings is 1. The lowest BCUT2D eigenvalue weighted by molar-refractivity contribution is -0.131. The zero-order valence-electron chi connectivity index (χ0n) is 13.0. The van der Waals surface area contributed by atoms with Gasteiger partial charge in [0.15, 0.2) is 0 Å². The lowest BCUT2D eigenvalue weighted by atomic mass is 10.2. The fraction of sp³-hybridized carbons (Fsp3) is 0.667. The van der Waals surface area contributed by atoms with Crippen molar-refractivity contribution in [3.8, 4) is 0 Å². The number of aromatic nitrogens is 2. The molecule has 2 saturated heterocycles. The molecule has 3 rings (SSSR count). The first-order valence-electron chi connectivity index (χ1n) is 7.94. The van der Waals surface area contributed by atoms with Crippen molar-refractivity contribution in [3.05, 3.63) is 17.7 Å². The average Bonchev–Trinajstić information content (AvgIpc) is 3.18. The molecule has 0 atom stereocenters. The minimum atomic E-state index is -0.0238. The lowest BCUT2D eigenvalue weighted by Gasteiger charge is -2.34. The van der Waals surface area contributed by atoms with Crippen LogP contribution < -0.4 is 0 Å². The molecule has 2 amide bonds. The van der Waals surface area contributed by atoms with Crippen LogP contribution in [0.1, 0.15) is 29.0 Å². The van der Waals surface area contributed by atoms with E-state index in [9.17, 15) is 9.59 Å². The molecule has 0 radical (unpaired) electrons. The van der Waals surface area contributed by atoms with Crippen LogP contribution in [-0.4, -0.2) is 82.3 Å². The summed E-state index contributed by atoms with van der Waals surface area (Å²) in [5.74, 6) is 0.199. The number of nitrogens with zero attached hydrogens (tertiary/aromatic N) is 4. The number of aromatic amines is 1. The molecule has 3 heterocycles. The van der Waals surface area contributed by atoms with Gasteiger partial charge in [0.2, 0.25) is 5.91 Å². The molecule has 0 saturated carbocycles. The van der Waals surface area contributed by atoms with Gasteiger partial charge < -0.3 is 14.8 Å². The van der Waals surface area contributed by atoms with Crippen LogP contribution in [0.25, 0.3) is 0 Å². The Bertz CT molecular complexity index is 542. The number of carbonyl (C=O) groups excluding carboxylic acids is 2. The van der Waals surface area contributed by atoms with Crippen LogP contribution in [0.2, 0.25) is 0 Å². The summed E-state index contributed by atoms with van der Waals surface area (Å²) in [7, 11) is 0. The van der Waals surface area contributed by atoms with Crippen molar-refractivity contribution in [2.75, 3.05) is 45.8 Å². The van der Waals surface area contributed by atoms with E-state index in [0.29, 0.717) is 25.3 Å². The van der Waals surface area contributed by atoms with Crippen LogP contribution in [0.4, 0.5) is 0 Å². The van der Waals surface area contributed by atoms with Crippen molar-refractivity contribution in [3.63, 3.8) is 0 Å². The number of H-pyrrole nitrogens is 1. The average molecular weight is 305 g/mol. The van der Waals surface area contributed by atoms with Crippen LogP contribution >= 0.6 is 0 Å². The van der Waals surface area contributed by atoms with E-state index in [-0.39, 0.29) is 11.8 Å². The number of hydrogen-bond acceptors (Lipinski definition) is 4. The van der Waals surface area contributed by atoms with Gasteiger partial charge in [0.05, 0.1) is 12.9 Å². The SMILES string of the molecule is Cc1[nH]cnc1C(=O)N1CCN(CC(=O)N2CCCC2)CC1. The largest absolute Gasteiger partial charge is 0.348 e. The van der Waals surface area contributed by atoms with Gasteiger partial charge in [-0.25, -0.2) is 4.98 Å².